The minimum absolute atomic E-state index is 0.595. The lowest BCUT2D eigenvalue weighted by Crippen LogP contribution is -2.31. The second-order valence-electron chi connectivity index (χ2n) is 7.06. The highest BCUT2D eigenvalue weighted by atomic mass is 14.5. The second kappa shape index (κ2) is 5.10. The molecule has 1 fully saturated rings. The summed E-state index contributed by atoms with van der Waals surface area (Å²) in [4.78, 5) is 0. The van der Waals surface area contributed by atoms with Crippen molar-refractivity contribution in [3.05, 3.63) is 0 Å². The van der Waals surface area contributed by atoms with Gasteiger partial charge in [-0.15, -0.1) is 0 Å². The van der Waals surface area contributed by atoms with E-state index in [1.165, 1.54) is 19.3 Å². The quantitative estimate of drug-likeness (QED) is 0.568. The van der Waals surface area contributed by atoms with Crippen LogP contribution in [-0.2, 0) is 0 Å². The zero-order chi connectivity index (χ0) is 12.5. The van der Waals surface area contributed by atoms with Crippen LogP contribution in [0.15, 0.2) is 0 Å². The molecule has 16 heavy (non-hydrogen) atoms. The third-order valence-electron chi connectivity index (χ3n) is 5.59. The summed E-state index contributed by atoms with van der Waals surface area (Å²) in [7, 11) is 0. The molecule has 0 N–H and O–H groups in total. The van der Waals surface area contributed by atoms with Crippen molar-refractivity contribution < 1.29 is 0 Å². The van der Waals surface area contributed by atoms with Crippen LogP contribution in [0.3, 0.4) is 0 Å². The van der Waals surface area contributed by atoms with Crippen molar-refractivity contribution in [1.29, 1.82) is 0 Å². The standard InChI is InChI=1S/C16H32/c1-8-14(6)16(7,15-9-12(15)4)10-13(5)11(2)3/h11-15H,8-10H2,1-7H3. The van der Waals surface area contributed by atoms with Crippen LogP contribution in [-0.4, -0.2) is 0 Å². The van der Waals surface area contributed by atoms with E-state index in [4.69, 9.17) is 0 Å². The van der Waals surface area contributed by atoms with Crippen LogP contribution in [0.4, 0.5) is 0 Å². The summed E-state index contributed by atoms with van der Waals surface area (Å²) in [6.07, 6.45) is 4.24. The molecule has 1 aliphatic rings. The Labute approximate surface area is 103 Å². The summed E-state index contributed by atoms with van der Waals surface area (Å²) in [5.41, 5.74) is 0.595. The molecule has 0 aromatic rings. The van der Waals surface area contributed by atoms with Crippen LogP contribution < -0.4 is 0 Å². The SMILES string of the molecule is CCC(C)C(C)(CC(C)C(C)C)C1CC1C. The zero-order valence-electron chi connectivity index (χ0n) is 12.5. The lowest BCUT2D eigenvalue weighted by atomic mass is 9.66. The molecular formula is C16H32. The van der Waals surface area contributed by atoms with Gasteiger partial charge in [0, 0.05) is 0 Å². The van der Waals surface area contributed by atoms with E-state index in [-0.39, 0.29) is 0 Å². The van der Waals surface area contributed by atoms with Gasteiger partial charge in [0.1, 0.15) is 0 Å². The molecule has 0 radical (unpaired) electrons. The van der Waals surface area contributed by atoms with Gasteiger partial charge in [-0.3, -0.25) is 0 Å². The van der Waals surface area contributed by atoms with E-state index in [0.29, 0.717) is 5.41 Å². The molecule has 0 aromatic carbocycles. The summed E-state index contributed by atoms with van der Waals surface area (Å²) in [5.74, 6) is 4.56. The Hall–Kier alpha value is 0. The van der Waals surface area contributed by atoms with Crippen molar-refractivity contribution in [3.63, 3.8) is 0 Å². The molecule has 5 unspecified atom stereocenters. The van der Waals surface area contributed by atoms with Gasteiger partial charge in [-0.2, -0.15) is 0 Å². The molecule has 0 bridgehead atoms. The van der Waals surface area contributed by atoms with Crippen LogP contribution in [0.5, 0.6) is 0 Å². The fourth-order valence-corrected chi connectivity index (χ4v) is 3.35. The van der Waals surface area contributed by atoms with E-state index in [1.807, 2.05) is 0 Å². The average molecular weight is 224 g/mol. The summed E-state index contributed by atoms with van der Waals surface area (Å²) in [6.45, 7) is 17.0. The first kappa shape index (κ1) is 14.1. The molecule has 1 saturated carbocycles. The summed E-state index contributed by atoms with van der Waals surface area (Å²) < 4.78 is 0. The number of rotatable bonds is 6. The third kappa shape index (κ3) is 2.81. The Morgan fingerprint density at radius 2 is 1.69 bits per heavy atom. The van der Waals surface area contributed by atoms with Crippen molar-refractivity contribution in [2.45, 2.75) is 67.7 Å². The van der Waals surface area contributed by atoms with Crippen LogP contribution in [0, 0.1) is 35.0 Å². The fourth-order valence-electron chi connectivity index (χ4n) is 3.35. The summed E-state index contributed by atoms with van der Waals surface area (Å²) in [5, 5.41) is 0. The monoisotopic (exact) mass is 224 g/mol. The highest BCUT2D eigenvalue weighted by Gasteiger charge is 2.49. The first-order valence-electron chi connectivity index (χ1n) is 7.32. The van der Waals surface area contributed by atoms with Gasteiger partial charge in [0.15, 0.2) is 0 Å². The molecule has 0 spiro atoms. The minimum Gasteiger partial charge on any atom is -0.0651 e. The lowest BCUT2D eigenvalue weighted by molar-refractivity contribution is 0.0995. The van der Waals surface area contributed by atoms with Gasteiger partial charge in [0.25, 0.3) is 0 Å². The molecule has 0 heteroatoms. The van der Waals surface area contributed by atoms with Crippen LogP contribution in [0.25, 0.3) is 0 Å². The van der Waals surface area contributed by atoms with Crippen molar-refractivity contribution in [1.82, 2.24) is 0 Å². The predicted molar refractivity (Wildman–Crippen MR) is 73.5 cm³/mol. The van der Waals surface area contributed by atoms with E-state index >= 15 is 0 Å². The van der Waals surface area contributed by atoms with Gasteiger partial charge >= 0.3 is 0 Å². The predicted octanol–water partition coefficient (Wildman–Crippen LogP) is 5.38. The lowest BCUT2D eigenvalue weighted by Gasteiger charge is -2.39. The average Bonchev–Trinajstić information content (AvgIpc) is 2.94. The van der Waals surface area contributed by atoms with Gasteiger partial charge in [0.2, 0.25) is 0 Å². The van der Waals surface area contributed by atoms with E-state index < -0.39 is 0 Å². The first-order valence-corrected chi connectivity index (χ1v) is 7.32. The maximum Gasteiger partial charge on any atom is -0.0267 e. The largest absolute Gasteiger partial charge is 0.0651 e. The van der Waals surface area contributed by atoms with Crippen molar-refractivity contribution in [3.8, 4) is 0 Å². The third-order valence-corrected chi connectivity index (χ3v) is 5.59. The van der Waals surface area contributed by atoms with Gasteiger partial charge in [0.05, 0.1) is 0 Å². The molecule has 0 saturated heterocycles. The molecule has 0 aliphatic heterocycles. The van der Waals surface area contributed by atoms with Crippen molar-refractivity contribution in [2.24, 2.45) is 35.0 Å². The van der Waals surface area contributed by atoms with Gasteiger partial charge in [-0.05, 0) is 47.8 Å². The van der Waals surface area contributed by atoms with Crippen LogP contribution in [0.2, 0.25) is 0 Å². The summed E-state index contributed by atoms with van der Waals surface area (Å²) in [6, 6.07) is 0. The topological polar surface area (TPSA) is 0 Å². The van der Waals surface area contributed by atoms with Crippen LogP contribution in [0.1, 0.15) is 67.7 Å². The fraction of sp³-hybridized carbons (Fsp3) is 1.00. The van der Waals surface area contributed by atoms with Gasteiger partial charge in [-0.25, -0.2) is 0 Å². The maximum absolute atomic E-state index is 2.56. The molecule has 5 atom stereocenters. The van der Waals surface area contributed by atoms with Crippen LogP contribution >= 0.6 is 0 Å². The molecule has 0 nitrogen and oxygen atoms in total. The van der Waals surface area contributed by atoms with Crippen molar-refractivity contribution >= 4 is 0 Å². The highest BCUT2D eigenvalue weighted by Crippen LogP contribution is 2.57. The Kier molecular flexibility index (Phi) is 4.49. The van der Waals surface area contributed by atoms with E-state index in [0.717, 1.165) is 29.6 Å². The highest BCUT2D eigenvalue weighted by molar-refractivity contribution is 4.99. The molecule has 0 aromatic heterocycles. The zero-order valence-corrected chi connectivity index (χ0v) is 12.5. The smallest absolute Gasteiger partial charge is 0.0267 e. The molecule has 1 aliphatic carbocycles. The van der Waals surface area contributed by atoms with Gasteiger partial charge in [-0.1, -0.05) is 54.9 Å². The maximum atomic E-state index is 2.56. The molecule has 96 valence electrons. The van der Waals surface area contributed by atoms with E-state index in [9.17, 15) is 0 Å². The minimum atomic E-state index is 0.595. The first-order chi connectivity index (χ1) is 7.32. The number of hydrogen-bond acceptors (Lipinski definition) is 0. The Balaban J connectivity index is 2.71. The van der Waals surface area contributed by atoms with E-state index in [2.05, 4.69) is 48.5 Å². The van der Waals surface area contributed by atoms with E-state index in [1.54, 1.807) is 0 Å². The normalized spacial score (nSPS) is 32.2. The summed E-state index contributed by atoms with van der Waals surface area (Å²) >= 11 is 0. The Morgan fingerprint density at radius 3 is 2.00 bits per heavy atom. The molecular weight excluding hydrogens is 192 g/mol. The van der Waals surface area contributed by atoms with Crippen molar-refractivity contribution in [2.75, 3.05) is 0 Å². The number of hydrogen-bond donors (Lipinski definition) is 0. The Morgan fingerprint density at radius 1 is 1.19 bits per heavy atom. The Bertz CT molecular complexity index is 212. The molecule has 0 heterocycles. The molecule has 1 rings (SSSR count). The second-order valence-corrected chi connectivity index (χ2v) is 7.06. The van der Waals surface area contributed by atoms with Gasteiger partial charge < -0.3 is 0 Å². The molecule has 0 amide bonds.